The third kappa shape index (κ3) is 4.62. The van der Waals surface area contributed by atoms with Gasteiger partial charge in [-0.3, -0.25) is 4.79 Å². The number of ether oxygens (including phenoxy) is 1. The smallest absolute Gasteiger partial charge is 0.251 e. The molecule has 9 nitrogen and oxygen atoms in total. The lowest BCUT2D eigenvalue weighted by molar-refractivity contribution is -0.133. The second-order valence-electron chi connectivity index (χ2n) is 5.56. The normalized spacial score (nSPS) is 18.2. The number of nitrogens with zero attached hydrogens (tertiary/aromatic N) is 5. The summed E-state index contributed by atoms with van der Waals surface area (Å²) in [6.45, 7) is 0.653. The molecule has 1 atom stereocenters. The van der Waals surface area contributed by atoms with Crippen molar-refractivity contribution >= 4 is 15.9 Å². The zero-order valence-corrected chi connectivity index (χ0v) is 14.4. The second kappa shape index (κ2) is 7.55. The Labute approximate surface area is 140 Å². The van der Waals surface area contributed by atoms with Crippen molar-refractivity contribution in [3.63, 3.8) is 0 Å². The average Bonchev–Trinajstić information content (AvgIpc) is 2.54. The molecule has 1 fully saturated rings. The molecule has 130 valence electrons. The molecule has 0 spiro atoms. The maximum atomic E-state index is 12.3. The van der Waals surface area contributed by atoms with Gasteiger partial charge in [0.25, 0.3) is 5.88 Å². The maximum Gasteiger partial charge on any atom is 0.251 e. The van der Waals surface area contributed by atoms with Gasteiger partial charge in [0.1, 0.15) is 12.2 Å². The van der Waals surface area contributed by atoms with Crippen LogP contribution in [0.3, 0.4) is 0 Å². The largest absolute Gasteiger partial charge is 0.470 e. The van der Waals surface area contributed by atoms with Gasteiger partial charge in [0.15, 0.2) is 0 Å². The van der Waals surface area contributed by atoms with E-state index in [4.69, 9.17) is 10.00 Å². The Balaban J connectivity index is 1.99. The van der Waals surface area contributed by atoms with Crippen LogP contribution in [0.25, 0.3) is 0 Å². The maximum absolute atomic E-state index is 12.3. The topological polar surface area (TPSA) is 116 Å². The van der Waals surface area contributed by atoms with Crippen LogP contribution < -0.4 is 4.74 Å². The van der Waals surface area contributed by atoms with E-state index in [-0.39, 0.29) is 30.1 Å². The highest BCUT2D eigenvalue weighted by molar-refractivity contribution is 7.88. The Hall–Kier alpha value is -2.25. The van der Waals surface area contributed by atoms with Gasteiger partial charge in [0.05, 0.1) is 19.3 Å². The SMILES string of the molecule is CN(CC(=O)N1CCC[C@@H](Oc2nccnc2C#N)C1)S(C)(=O)=O. The van der Waals surface area contributed by atoms with Gasteiger partial charge in [-0.15, -0.1) is 0 Å². The first-order valence-electron chi connectivity index (χ1n) is 7.38. The molecular weight excluding hydrogens is 334 g/mol. The van der Waals surface area contributed by atoms with Crippen LogP contribution in [-0.2, 0) is 14.8 Å². The summed E-state index contributed by atoms with van der Waals surface area (Å²) in [5.74, 6) is -0.136. The van der Waals surface area contributed by atoms with Crippen molar-refractivity contribution in [3.05, 3.63) is 18.1 Å². The van der Waals surface area contributed by atoms with E-state index in [1.54, 1.807) is 4.90 Å². The Morgan fingerprint density at radius 2 is 2.21 bits per heavy atom. The van der Waals surface area contributed by atoms with Crippen molar-refractivity contribution in [2.24, 2.45) is 0 Å². The molecule has 1 aromatic rings. The molecule has 1 aliphatic rings. The summed E-state index contributed by atoms with van der Waals surface area (Å²) in [5.41, 5.74) is 0.0951. The zero-order chi connectivity index (χ0) is 17.7. The van der Waals surface area contributed by atoms with E-state index < -0.39 is 10.0 Å². The molecule has 0 saturated carbocycles. The lowest BCUT2D eigenvalue weighted by Crippen LogP contribution is -2.48. The van der Waals surface area contributed by atoms with Crippen molar-refractivity contribution in [1.82, 2.24) is 19.2 Å². The highest BCUT2D eigenvalue weighted by atomic mass is 32.2. The van der Waals surface area contributed by atoms with E-state index in [2.05, 4.69) is 9.97 Å². The molecule has 0 radical (unpaired) electrons. The minimum Gasteiger partial charge on any atom is -0.470 e. The first-order valence-corrected chi connectivity index (χ1v) is 9.23. The molecule has 0 unspecified atom stereocenters. The standard InChI is InChI=1S/C14H19N5O4S/c1-18(24(2,21)22)10-13(20)19-7-3-4-11(9-19)23-14-12(8-15)16-5-6-17-14/h5-6,11H,3-4,7,9-10H2,1-2H3/t11-/m1/s1. The Kier molecular flexibility index (Phi) is 5.69. The fourth-order valence-electron chi connectivity index (χ4n) is 2.31. The monoisotopic (exact) mass is 353 g/mol. The molecule has 10 heteroatoms. The molecule has 1 saturated heterocycles. The fourth-order valence-corrected chi connectivity index (χ4v) is 2.66. The molecule has 24 heavy (non-hydrogen) atoms. The van der Waals surface area contributed by atoms with E-state index in [1.165, 1.54) is 19.4 Å². The summed E-state index contributed by atoms with van der Waals surface area (Å²) in [4.78, 5) is 21.7. The summed E-state index contributed by atoms with van der Waals surface area (Å²) in [7, 11) is -2.04. The molecule has 0 N–H and O–H groups in total. The predicted octanol–water partition coefficient (Wildman–Crippen LogP) is -0.391. The van der Waals surface area contributed by atoms with Crippen molar-refractivity contribution in [3.8, 4) is 11.9 Å². The van der Waals surface area contributed by atoms with Gasteiger partial charge in [-0.2, -0.15) is 9.57 Å². The quantitative estimate of drug-likeness (QED) is 0.707. The molecule has 0 aromatic carbocycles. The van der Waals surface area contributed by atoms with E-state index in [9.17, 15) is 13.2 Å². The third-order valence-corrected chi connectivity index (χ3v) is 4.97. The summed E-state index contributed by atoms with van der Waals surface area (Å²) < 4.78 is 29.5. The van der Waals surface area contributed by atoms with Crippen molar-refractivity contribution in [2.75, 3.05) is 32.9 Å². The number of carbonyl (C=O) groups excluding carboxylic acids is 1. The van der Waals surface area contributed by atoms with Crippen LogP contribution in [0.4, 0.5) is 0 Å². The first kappa shape index (κ1) is 18.1. The van der Waals surface area contributed by atoms with Gasteiger partial charge in [-0.1, -0.05) is 0 Å². The highest BCUT2D eigenvalue weighted by Crippen LogP contribution is 2.18. The van der Waals surface area contributed by atoms with Crippen molar-refractivity contribution < 1.29 is 17.9 Å². The van der Waals surface area contributed by atoms with Gasteiger partial charge in [0, 0.05) is 26.0 Å². The number of aromatic nitrogens is 2. The van der Waals surface area contributed by atoms with E-state index in [0.717, 1.165) is 17.0 Å². The van der Waals surface area contributed by atoms with Gasteiger partial charge in [-0.05, 0) is 12.8 Å². The fraction of sp³-hybridized carbons (Fsp3) is 0.571. The van der Waals surface area contributed by atoms with Crippen LogP contribution in [-0.4, -0.2) is 72.5 Å². The number of piperidine rings is 1. The van der Waals surface area contributed by atoms with E-state index in [1.807, 2.05) is 6.07 Å². The number of rotatable bonds is 5. The molecule has 1 aromatic heterocycles. The third-order valence-electron chi connectivity index (χ3n) is 3.70. The number of amides is 1. The molecule has 1 aliphatic heterocycles. The molecule has 0 aliphatic carbocycles. The van der Waals surface area contributed by atoms with Gasteiger partial charge in [0.2, 0.25) is 21.6 Å². The van der Waals surface area contributed by atoms with Crippen LogP contribution in [0.5, 0.6) is 5.88 Å². The predicted molar refractivity (Wildman–Crippen MR) is 84.5 cm³/mol. The minimum atomic E-state index is -3.41. The van der Waals surface area contributed by atoms with Crippen LogP contribution in [0.2, 0.25) is 0 Å². The Morgan fingerprint density at radius 1 is 1.50 bits per heavy atom. The average molecular weight is 353 g/mol. The molecule has 2 heterocycles. The first-order chi connectivity index (χ1) is 11.3. The zero-order valence-electron chi connectivity index (χ0n) is 13.5. The van der Waals surface area contributed by atoms with Crippen LogP contribution in [0.1, 0.15) is 18.5 Å². The number of hydrogen-bond donors (Lipinski definition) is 0. The number of sulfonamides is 1. The van der Waals surface area contributed by atoms with E-state index in [0.29, 0.717) is 19.5 Å². The lowest BCUT2D eigenvalue weighted by Gasteiger charge is -2.33. The van der Waals surface area contributed by atoms with Crippen molar-refractivity contribution in [2.45, 2.75) is 18.9 Å². The van der Waals surface area contributed by atoms with Gasteiger partial charge in [-0.25, -0.2) is 18.4 Å². The Bertz CT molecular complexity index is 746. The van der Waals surface area contributed by atoms with Crippen LogP contribution in [0.15, 0.2) is 12.4 Å². The Morgan fingerprint density at radius 3 is 2.88 bits per heavy atom. The lowest BCUT2D eigenvalue weighted by atomic mass is 10.1. The summed E-state index contributed by atoms with van der Waals surface area (Å²) in [5, 5.41) is 9.00. The number of hydrogen-bond acceptors (Lipinski definition) is 7. The van der Waals surface area contributed by atoms with Gasteiger partial charge >= 0.3 is 0 Å². The molecular formula is C14H19N5O4S. The number of likely N-dealkylation sites (tertiary alicyclic amines) is 1. The minimum absolute atomic E-state index is 0.0951. The number of likely N-dealkylation sites (N-methyl/N-ethyl adjacent to an activating group) is 1. The molecule has 2 rings (SSSR count). The molecule has 1 amide bonds. The van der Waals surface area contributed by atoms with Crippen LogP contribution in [0, 0.1) is 11.3 Å². The summed E-state index contributed by atoms with van der Waals surface area (Å²) >= 11 is 0. The van der Waals surface area contributed by atoms with E-state index >= 15 is 0 Å². The molecule has 0 bridgehead atoms. The van der Waals surface area contributed by atoms with Gasteiger partial charge < -0.3 is 9.64 Å². The summed E-state index contributed by atoms with van der Waals surface area (Å²) in [6, 6.07) is 1.91. The number of carbonyl (C=O) groups is 1. The van der Waals surface area contributed by atoms with Crippen molar-refractivity contribution in [1.29, 1.82) is 5.26 Å². The highest BCUT2D eigenvalue weighted by Gasteiger charge is 2.27. The van der Waals surface area contributed by atoms with Crippen LogP contribution >= 0.6 is 0 Å². The summed E-state index contributed by atoms with van der Waals surface area (Å²) in [6.07, 6.45) is 5.02. The second-order valence-corrected chi connectivity index (χ2v) is 7.65. The number of nitriles is 1.